The van der Waals surface area contributed by atoms with Gasteiger partial charge < -0.3 is 10.4 Å². The second-order valence-corrected chi connectivity index (χ2v) is 4.44. The molecule has 17 heavy (non-hydrogen) atoms. The van der Waals surface area contributed by atoms with Gasteiger partial charge in [0.25, 0.3) is 0 Å². The standard InChI is InChI=1S/C13H18N2O2/c1-8(2)7-14-12-6-10(13(16)17)5-11(15-12)9(3)4/h5-6,9H,1,7H2,2-4H3,(H,14,15)(H,16,17). The zero-order chi connectivity index (χ0) is 13.0. The predicted molar refractivity (Wildman–Crippen MR) is 68.6 cm³/mol. The maximum absolute atomic E-state index is 11.0. The van der Waals surface area contributed by atoms with Gasteiger partial charge in [0.05, 0.1) is 5.56 Å². The fraction of sp³-hybridized carbons (Fsp3) is 0.385. The van der Waals surface area contributed by atoms with E-state index in [4.69, 9.17) is 5.11 Å². The molecule has 0 amide bonds. The van der Waals surface area contributed by atoms with Gasteiger partial charge in [0.1, 0.15) is 5.82 Å². The number of carbonyl (C=O) groups is 1. The minimum Gasteiger partial charge on any atom is -0.478 e. The molecule has 0 saturated carbocycles. The topological polar surface area (TPSA) is 62.2 Å². The third-order valence-corrected chi connectivity index (χ3v) is 2.25. The van der Waals surface area contributed by atoms with Gasteiger partial charge in [-0.2, -0.15) is 0 Å². The van der Waals surface area contributed by atoms with Gasteiger partial charge in [-0.1, -0.05) is 26.0 Å². The summed E-state index contributed by atoms with van der Waals surface area (Å²) in [6.07, 6.45) is 0. The monoisotopic (exact) mass is 234 g/mol. The summed E-state index contributed by atoms with van der Waals surface area (Å²) in [5.74, 6) is -0.163. The number of hydrogen-bond donors (Lipinski definition) is 2. The normalized spacial score (nSPS) is 10.4. The Kier molecular flexibility index (Phi) is 4.26. The third-order valence-electron chi connectivity index (χ3n) is 2.25. The lowest BCUT2D eigenvalue weighted by Gasteiger charge is -2.11. The minimum absolute atomic E-state index is 0.194. The smallest absolute Gasteiger partial charge is 0.335 e. The van der Waals surface area contributed by atoms with Gasteiger partial charge in [-0.05, 0) is 25.0 Å². The van der Waals surface area contributed by atoms with E-state index in [9.17, 15) is 4.79 Å². The number of rotatable bonds is 5. The molecule has 4 heteroatoms. The maximum atomic E-state index is 11.0. The largest absolute Gasteiger partial charge is 0.478 e. The van der Waals surface area contributed by atoms with Crippen molar-refractivity contribution in [1.82, 2.24) is 4.98 Å². The summed E-state index contributed by atoms with van der Waals surface area (Å²) >= 11 is 0. The summed E-state index contributed by atoms with van der Waals surface area (Å²) < 4.78 is 0. The van der Waals surface area contributed by atoms with E-state index >= 15 is 0 Å². The highest BCUT2D eigenvalue weighted by Gasteiger charge is 2.10. The van der Waals surface area contributed by atoms with E-state index in [-0.39, 0.29) is 11.5 Å². The summed E-state index contributed by atoms with van der Waals surface area (Å²) in [6, 6.07) is 3.15. The fourth-order valence-electron chi connectivity index (χ4n) is 1.30. The van der Waals surface area contributed by atoms with Crippen LogP contribution in [0.3, 0.4) is 0 Å². The molecule has 0 aliphatic heterocycles. The molecule has 1 aromatic heterocycles. The Bertz CT molecular complexity index is 439. The fourth-order valence-corrected chi connectivity index (χ4v) is 1.30. The molecule has 1 aromatic rings. The van der Waals surface area contributed by atoms with Crippen LogP contribution in [-0.2, 0) is 0 Å². The highest BCUT2D eigenvalue weighted by molar-refractivity contribution is 5.88. The molecule has 0 fully saturated rings. The van der Waals surface area contributed by atoms with Crippen molar-refractivity contribution in [3.63, 3.8) is 0 Å². The van der Waals surface area contributed by atoms with E-state index in [1.165, 1.54) is 6.07 Å². The number of carboxylic acids is 1. The molecule has 1 heterocycles. The van der Waals surface area contributed by atoms with Crippen LogP contribution < -0.4 is 5.32 Å². The molecule has 0 aliphatic carbocycles. The van der Waals surface area contributed by atoms with Crippen LogP contribution in [0.4, 0.5) is 5.82 Å². The van der Waals surface area contributed by atoms with Crippen LogP contribution in [-0.4, -0.2) is 22.6 Å². The maximum Gasteiger partial charge on any atom is 0.335 e. The Hall–Kier alpha value is -1.84. The number of carboxylic acid groups (broad SMARTS) is 1. The van der Waals surface area contributed by atoms with Crippen molar-refractivity contribution in [3.8, 4) is 0 Å². The van der Waals surface area contributed by atoms with Gasteiger partial charge in [0, 0.05) is 12.2 Å². The molecular formula is C13H18N2O2. The second-order valence-electron chi connectivity index (χ2n) is 4.44. The molecule has 0 unspecified atom stereocenters. The molecule has 0 bridgehead atoms. The molecule has 0 atom stereocenters. The summed E-state index contributed by atoms with van der Waals surface area (Å²) in [7, 11) is 0. The van der Waals surface area contributed by atoms with E-state index in [0.717, 1.165) is 11.3 Å². The van der Waals surface area contributed by atoms with Crippen LogP contribution in [0, 0.1) is 0 Å². The van der Waals surface area contributed by atoms with E-state index in [1.54, 1.807) is 6.07 Å². The predicted octanol–water partition coefficient (Wildman–Crippen LogP) is 2.89. The molecule has 92 valence electrons. The first kappa shape index (κ1) is 13.2. The van der Waals surface area contributed by atoms with Gasteiger partial charge >= 0.3 is 5.97 Å². The number of aromatic nitrogens is 1. The van der Waals surface area contributed by atoms with Crippen molar-refractivity contribution in [3.05, 3.63) is 35.5 Å². The summed E-state index contributed by atoms with van der Waals surface area (Å²) in [4.78, 5) is 15.4. The van der Waals surface area contributed by atoms with Crippen LogP contribution >= 0.6 is 0 Å². The highest BCUT2D eigenvalue weighted by atomic mass is 16.4. The van der Waals surface area contributed by atoms with Crippen molar-refractivity contribution in [2.75, 3.05) is 11.9 Å². The van der Waals surface area contributed by atoms with Gasteiger partial charge in [-0.25, -0.2) is 9.78 Å². The molecule has 2 N–H and O–H groups in total. The summed E-state index contributed by atoms with van der Waals surface area (Å²) in [6.45, 7) is 10.2. The van der Waals surface area contributed by atoms with Crippen molar-refractivity contribution >= 4 is 11.8 Å². The van der Waals surface area contributed by atoms with Crippen molar-refractivity contribution in [2.24, 2.45) is 0 Å². The first-order valence-electron chi connectivity index (χ1n) is 5.53. The van der Waals surface area contributed by atoms with E-state index < -0.39 is 5.97 Å². The van der Waals surface area contributed by atoms with Gasteiger partial charge in [-0.3, -0.25) is 0 Å². The van der Waals surface area contributed by atoms with E-state index in [0.29, 0.717) is 12.4 Å². The molecule has 0 aromatic carbocycles. The molecular weight excluding hydrogens is 216 g/mol. The van der Waals surface area contributed by atoms with Crippen LogP contribution in [0.15, 0.2) is 24.3 Å². The molecule has 0 aliphatic rings. The van der Waals surface area contributed by atoms with Crippen molar-refractivity contribution in [2.45, 2.75) is 26.7 Å². The highest BCUT2D eigenvalue weighted by Crippen LogP contribution is 2.17. The zero-order valence-electron chi connectivity index (χ0n) is 10.4. The molecule has 4 nitrogen and oxygen atoms in total. The van der Waals surface area contributed by atoms with Gasteiger partial charge in [0.2, 0.25) is 0 Å². The third kappa shape index (κ3) is 3.90. The average Bonchev–Trinajstić information content (AvgIpc) is 2.25. The molecule has 0 spiro atoms. The second kappa shape index (κ2) is 5.48. The quantitative estimate of drug-likeness (QED) is 0.769. The zero-order valence-corrected chi connectivity index (χ0v) is 10.4. The van der Waals surface area contributed by atoms with E-state index in [1.807, 2.05) is 20.8 Å². The Labute approximate surface area is 101 Å². The lowest BCUT2D eigenvalue weighted by atomic mass is 10.1. The van der Waals surface area contributed by atoms with Crippen LogP contribution in [0.2, 0.25) is 0 Å². The molecule has 0 saturated heterocycles. The molecule has 1 rings (SSSR count). The van der Waals surface area contributed by atoms with Crippen LogP contribution in [0.5, 0.6) is 0 Å². The minimum atomic E-state index is -0.937. The number of pyridine rings is 1. The Morgan fingerprint density at radius 1 is 1.53 bits per heavy atom. The van der Waals surface area contributed by atoms with Crippen LogP contribution in [0.1, 0.15) is 42.7 Å². The SMILES string of the molecule is C=C(C)CNc1cc(C(=O)O)cc(C(C)C)n1. The van der Waals surface area contributed by atoms with E-state index in [2.05, 4.69) is 16.9 Å². The number of nitrogens with one attached hydrogen (secondary N) is 1. The number of hydrogen-bond acceptors (Lipinski definition) is 3. The average molecular weight is 234 g/mol. The summed E-state index contributed by atoms with van der Waals surface area (Å²) in [5, 5.41) is 12.1. The number of anilines is 1. The van der Waals surface area contributed by atoms with Gasteiger partial charge in [-0.15, -0.1) is 0 Å². The number of aromatic carboxylic acids is 1. The first-order chi connectivity index (χ1) is 7.90. The van der Waals surface area contributed by atoms with Gasteiger partial charge in [0.15, 0.2) is 0 Å². The van der Waals surface area contributed by atoms with Crippen LogP contribution in [0.25, 0.3) is 0 Å². The lowest BCUT2D eigenvalue weighted by molar-refractivity contribution is 0.0696. The lowest BCUT2D eigenvalue weighted by Crippen LogP contribution is -2.08. The molecule has 0 radical (unpaired) electrons. The van der Waals surface area contributed by atoms with Crippen molar-refractivity contribution < 1.29 is 9.90 Å². The first-order valence-corrected chi connectivity index (χ1v) is 5.53. The Morgan fingerprint density at radius 2 is 2.18 bits per heavy atom. The summed E-state index contributed by atoms with van der Waals surface area (Å²) in [5.41, 5.74) is 2.00. The Balaban J connectivity index is 3.03. The number of nitrogens with zero attached hydrogens (tertiary/aromatic N) is 1. The Morgan fingerprint density at radius 3 is 2.65 bits per heavy atom. The van der Waals surface area contributed by atoms with Crippen molar-refractivity contribution in [1.29, 1.82) is 0 Å².